The van der Waals surface area contributed by atoms with Gasteiger partial charge < -0.3 is 5.73 Å². The second-order valence-electron chi connectivity index (χ2n) is 3.97. The molecule has 2 N–H and O–H groups in total. The van der Waals surface area contributed by atoms with Crippen molar-refractivity contribution < 1.29 is 4.39 Å². The summed E-state index contributed by atoms with van der Waals surface area (Å²) in [6.07, 6.45) is 1.94. The molecule has 0 unspecified atom stereocenters. The first kappa shape index (κ1) is 13.5. The lowest BCUT2D eigenvalue weighted by atomic mass is 10.2. The lowest BCUT2D eigenvalue weighted by Gasteiger charge is -1.98. The van der Waals surface area contributed by atoms with E-state index >= 15 is 0 Å². The van der Waals surface area contributed by atoms with Crippen molar-refractivity contribution in [1.29, 1.82) is 0 Å². The predicted octanol–water partition coefficient (Wildman–Crippen LogP) is 4.01. The molecule has 0 spiro atoms. The number of thiazole rings is 1. The van der Waals surface area contributed by atoms with Crippen LogP contribution in [0.3, 0.4) is 0 Å². The molecule has 0 fully saturated rings. The first-order valence-electron chi connectivity index (χ1n) is 5.79. The summed E-state index contributed by atoms with van der Waals surface area (Å²) in [5.41, 5.74) is 7.59. The quantitative estimate of drug-likeness (QED) is 0.921. The van der Waals surface area contributed by atoms with Gasteiger partial charge in [0.05, 0.1) is 10.7 Å². The van der Waals surface area contributed by atoms with Crippen molar-refractivity contribution >= 4 is 22.9 Å². The van der Waals surface area contributed by atoms with E-state index in [-0.39, 0.29) is 5.02 Å². The third-order valence-electron chi connectivity index (χ3n) is 2.62. The van der Waals surface area contributed by atoms with Gasteiger partial charge in [0, 0.05) is 17.0 Å². The largest absolute Gasteiger partial charge is 0.326 e. The van der Waals surface area contributed by atoms with E-state index < -0.39 is 5.82 Å². The summed E-state index contributed by atoms with van der Waals surface area (Å²) in [4.78, 5) is 5.66. The molecule has 0 atom stereocenters. The smallest absolute Gasteiger partial charge is 0.141 e. The van der Waals surface area contributed by atoms with Gasteiger partial charge in [0.15, 0.2) is 0 Å². The fourth-order valence-electron chi connectivity index (χ4n) is 1.73. The van der Waals surface area contributed by atoms with Crippen LogP contribution in [0.4, 0.5) is 4.39 Å². The summed E-state index contributed by atoms with van der Waals surface area (Å²) >= 11 is 7.33. The van der Waals surface area contributed by atoms with E-state index in [2.05, 4.69) is 11.9 Å². The zero-order chi connectivity index (χ0) is 13.1. The van der Waals surface area contributed by atoms with Crippen LogP contribution in [0.1, 0.15) is 23.9 Å². The van der Waals surface area contributed by atoms with Gasteiger partial charge in [-0.1, -0.05) is 24.9 Å². The van der Waals surface area contributed by atoms with Crippen molar-refractivity contribution in [2.45, 2.75) is 26.3 Å². The minimum Gasteiger partial charge on any atom is -0.326 e. The Hall–Kier alpha value is -0.970. The normalized spacial score (nSPS) is 10.9. The van der Waals surface area contributed by atoms with Crippen molar-refractivity contribution in [1.82, 2.24) is 4.98 Å². The number of nitrogens with two attached hydrogens (primary N) is 1. The molecule has 1 heterocycles. The summed E-state index contributed by atoms with van der Waals surface area (Å²) in [5, 5.41) is 0.967. The van der Waals surface area contributed by atoms with Gasteiger partial charge >= 0.3 is 0 Å². The molecule has 0 radical (unpaired) electrons. The molecule has 0 bridgehead atoms. The van der Waals surface area contributed by atoms with Gasteiger partial charge in [-0.25, -0.2) is 9.37 Å². The molecular formula is C13H14ClFN2S. The van der Waals surface area contributed by atoms with Crippen LogP contribution in [0.2, 0.25) is 5.02 Å². The Morgan fingerprint density at radius 2 is 2.22 bits per heavy atom. The van der Waals surface area contributed by atoms with E-state index in [1.54, 1.807) is 23.5 Å². The highest BCUT2D eigenvalue weighted by molar-refractivity contribution is 7.15. The van der Waals surface area contributed by atoms with Crippen LogP contribution in [0.15, 0.2) is 18.2 Å². The molecule has 2 aromatic rings. The number of nitrogens with zero attached hydrogens (tertiary/aromatic N) is 1. The van der Waals surface area contributed by atoms with E-state index in [1.165, 1.54) is 6.07 Å². The maximum Gasteiger partial charge on any atom is 0.141 e. The van der Waals surface area contributed by atoms with Gasteiger partial charge in [-0.15, -0.1) is 11.3 Å². The van der Waals surface area contributed by atoms with Crippen LogP contribution < -0.4 is 5.73 Å². The summed E-state index contributed by atoms with van der Waals surface area (Å²) in [5.74, 6) is -0.412. The molecule has 0 aliphatic carbocycles. The van der Waals surface area contributed by atoms with E-state index in [0.717, 1.165) is 34.0 Å². The Balaban J connectivity index is 2.40. The van der Waals surface area contributed by atoms with Gasteiger partial charge in [-0.05, 0) is 24.6 Å². The van der Waals surface area contributed by atoms with Crippen LogP contribution in [-0.4, -0.2) is 4.98 Å². The number of rotatable bonds is 4. The van der Waals surface area contributed by atoms with Crippen LogP contribution in [0, 0.1) is 5.82 Å². The van der Waals surface area contributed by atoms with Crippen molar-refractivity contribution in [2.75, 3.05) is 0 Å². The molecular weight excluding hydrogens is 271 g/mol. The molecule has 2 nitrogen and oxygen atoms in total. The van der Waals surface area contributed by atoms with Crippen LogP contribution in [0.25, 0.3) is 10.6 Å². The van der Waals surface area contributed by atoms with Gasteiger partial charge in [-0.3, -0.25) is 0 Å². The van der Waals surface area contributed by atoms with E-state index in [1.807, 2.05) is 0 Å². The lowest BCUT2D eigenvalue weighted by Crippen LogP contribution is -1.97. The zero-order valence-electron chi connectivity index (χ0n) is 10.0. The van der Waals surface area contributed by atoms with Crippen molar-refractivity contribution in [3.8, 4) is 10.6 Å². The first-order valence-corrected chi connectivity index (χ1v) is 6.99. The van der Waals surface area contributed by atoms with Gasteiger partial charge in [0.2, 0.25) is 0 Å². The Labute approximate surface area is 115 Å². The third-order valence-corrected chi connectivity index (χ3v) is 4.08. The molecule has 0 amide bonds. The second kappa shape index (κ2) is 5.78. The minimum atomic E-state index is -0.412. The Kier molecular flexibility index (Phi) is 4.32. The van der Waals surface area contributed by atoms with Crippen LogP contribution in [0.5, 0.6) is 0 Å². The molecule has 1 aromatic carbocycles. The van der Waals surface area contributed by atoms with Crippen molar-refractivity contribution in [2.24, 2.45) is 5.73 Å². The average Bonchev–Trinajstić information content (AvgIpc) is 2.76. The summed E-state index contributed by atoms with van der Waals surface area (Å²) in [6.45, 7) is 2.59. The fourth-order valence-corrected chi connectivity index (χ4v) is 2.89. The lowest BCUT2D eigenvalue weighted by molar-refractivity contribution is 0.628. The van der Waals surface area contributed by atoms with E-state index in [4.69, 9.17) is 17.3 Å². The monoisotopic (exact) mass is 284 g/mol. The van der Waals surface area contributed by atoms with E-state index in [0.29, 0.717) is 6.54 Å². The Bertz CT molecular complexity index is 554. The number of aromatic nitrogens is 1. The molecule has 0 saturated heterocycles. The molecule has 2 rings (SSSR count). The van der Waals surface area contributed by atoms with E-state index in [9.17, 15) is 4.39 Å². The summed E-state index contributed by atoms with van der Waals surface area (Å²) in [6, 6.07) is 4.66. The third kappa shape index (κ3) is 2.71. The maximum atomic E-state index is 13.1. The van der Waals surface area contributed by atoms with Crippen LogP contribution >= 0.6 is 22.9 Å². The maximum absolute atomic E-state index is 13.1. The zero-order valence-corrected chi connectivity index (χ0v) is 11.6. The molecule has 96 valence electrons. The number of halogens is 2. The van der Waals surface area contributed by atoms with Crippen LogP contribution in [-0.2, 0) is 13.0 Å². The number of hydrogen-bond acceptors (Lipinski definition) is 3. The van der Waals surface area contributed by atoms with Gasteiger partial charge in [-0.2, -0.15) is 0 Å². The van der Waals surface area contributed by atoms with Gasteiger partial charge in [0.1, 0.15) is 10.8 Å². The Morgan fingerprint density at radius 3 is 2.83 bits per heavy atom. The molecule has 0 saturated carbocycles. The SMILES string of the molecule is CCCc1nc(-c2ccc(F)c(Cl)c2)sc1CN. The molecule has 0 aliphatic heterocycles. The highest BCUT2D eigenvalue weighted by atomic mass is 35.5. The molecule has 1 aromatic heterocycles. The Morgan fingerprint density at radius 1 is 1.44 bits per heavy atom. The topological polar surface area (TPSA) is 38.9 Å². The number of aryl methyl sites for hydroxylation is 1. The first-order chi connectivity index (χ1) is 8.65. The number of hydrogen-bond donors (Lipinski definition) is 1. The predicted molar refractivity (Wildman–Crippen MR) is 74.4 cm³/mol. The molecule has 0 aliphatic rings. The summed E-state index contributed by atoms with van der Waals surface area (Å²) in [7, 11) is 0. The van der Waals surface area contributed by atoms with Crippen molar-refractivity contribution in [3.05, 3.63) is 39.6 Å². The molecule has 5 heteroatoms. The molecule has 18 heavy (non-hydrogen) atoms. The minimum absolute atomic E-state index is 0.119. The highest BCUT2D eigenvalue weighted by Crippen LogP contribution is 2.30. The fraction of sp³-hybridized carbons (Fsp3) is 0.308. The standard InChI is InChI=1S/C13H14ClFN2S/c1-2-3-11-12(7-16)18-13(17-11)8-4-5-10(15)9(14)6-8/h4-6H,2-3,7,16H2,1H3. The average molecular weight is 285 g/mol. The highest BCUT2D eigenvalue weighted by Gasteiger charge is 2.12. The second-order valence-corrected chi connectivity index (χ2v) is 5.46. The number of benzene rings is 1. The summed E-state index contributed by atoms with van der Waals surface area (Å²) < 4.78 is 13.1. The van der Waals surface area contributed by atoms with Crippen molar-refractivity contribution in [3.63, 3.8) is 0 Å². The van der Waals surface area contributed by atoms with Gasteiger partial charge in [0.25, 0.3) is 0 Å².